The second kappa shape index (κ2) is 14.2. The molecule has 8 heteroatoms. The molecule has 1 amide bonds. The van der Waals surface area contributed by atoms with Gasteiger partial charge in [-0.25, -0.2) is 0 Å². The lowest BCUT2D eigenvalue weighted by Crippen LogP contribution is -2.41. The predicted octanol–water partition coefficient (Wildman–Crippen LogP) is 4.92. The zero-order chi connectivity index (χ0) is 29.3. The van der Waals surface area contributed by atoms with Crippen LogP contribution in [0, 0.1) is 22.0 Å². The first-order chi connectivity index (χ1) is 20.4. The highest BCUT2D eigenvalue weighted by Crippen LogP contribution is 2.35. The minimum absolute atomic E-state index is 0.0157. The average molecular weight is 568 g/mol. The standard InChI is InChI=1S/C34H40N4O4/c39-34(40)37(23-29-13-15-32(16-14-29)38(41)42)19-7-10-27-17-20-35(21-18-27)24-31-25-36(22-28-8-3-1-4-9-28)26-33(31)30-11-5-2-6-12-30/h1-16,27,31,33H,17-26H2,(H,39,40)/p-1/t31-,33+/m0/s1. The molecule has 220 valence electrons. The van der Waals surface area contributed by atoms with Crippen molar-refractivity contribution in [3.63, 3.8) is 0 Å². The molecule has 3 aromatic rings. The highest BCUT2D eigenvalue weighted by atomic mass is 16.6. The summed E-state index contributed by atoms with van der Waals surface area (Å²) in [4.78, 5) is 28.5. The molecule has 0 bridgehead atoms. The maximum atomic E-state index is 11.7. The molecule has 2 aliphatic rings. The number of carbonyl (C=O) groups is 1. The Labute approximate surface area is 248 Å². The van der Waals surface area contributed by atoms with E-state index < -0.39 is 11.0 Å². The summed E-state index contributed by atoms with van der Waals surface area (Å²) < 4.78 is 0. The molecule has 42 heavy (non-hydrogen) atoms. The Kier molecular flexibility index (Phi) is 10.0. The third kappa shape index (κ3) is 8.05. The van der Waals surface area contributed by atoms with Gasteiger partial charge in [-0.1, -0.05) is 84.9 Å². The second-order valence-corrected chi connectivity index (χ2v) is 11.6. The van der Waals surface area contributed by atoms with Crippen LogP contribution in [0.1, 0.15) is 35.4 Å². The van der Waals surface area contributed by atoms with Gasteiger partial charge in [0.1, 0.15) is 6.09 Å². The molecule has 0 N–H and O–H groups in total. The van der Waals surface area contributed by atoms with Crippen molar-refractivity contribution in [2.75, 3.05) is 39.3 Å². The summed E-state index contributed by atoms with van der Waals surface area (Å²) in [5.41, 5.74) is 3.47. The monoisotopic (exact) mass is 567 g/mol. The van der Waals surface area contributed by atoms with E-state index in [2.05, 4.69) is 76.5 Å². The summed E-state index contributed by atoms with van der Waals surface area (Å²) in [6, 6.07) is 27.6. The van der Waals surface area contributed by atoms with E-state index in [1.165, 1.54) is 28.2 Å². The fraction of sp³-hybridized carbons (Fsp3) is 0.382. The van der Waals surface area contributed by atoms with E-state index >= 15 is 0 Å². The van der Waals surface area contributed by atoms with Crippen LogP contribution in [0.15, 0.2) is 97.1 Å². The van der Waals surface area contributed by atoms with Gasteiger partial charge in [-0.05, 0) is 54.5 Å². The molecule has 0 aliphatic carbocycles. The third-order valence-corrected chi connectivity index (χ3v) is 8.63. The number of piperidine rings is 1. The molecular weight excluding hydrogens is 528 g/mol. The summed E-state index contributed by atoms with van der Waals surface area (Å²) in [6.45, 7) is 6.71. The first-order valence-electron chi connectivity index (χ1n) is 14.8. The Bertz CT molecular complexity index is 1320. The van der Waals surface area contributed by atoms with Crippen molar-refractivity contribution in [3.05, 3.63) is 124 Å². The Morgan fingerprint density at radius 1 is 0.881 bits per heavy atom. The first kappa shape index (κ1) is 29.5. The zero-order valence-electron chi connectivity index (χ0n) is 24.0. The number of hydrogen-bond donors (Lipinski definition) is 0. The van der Waals surface area contributed by atoms with Crippen molar-refractivity contribution >= 4 is 11.8 Å². The summed E-state index contributed by atoms with van der Waals surface area (Å²) >= 11 is 0. The number of nitro groups is 1. The molecule has 2 aliphatic heterocycles. The number of likely N-dealkylation sites (tertiary alicyclic amines) is 2. The second-order valence-electron chi connectivity index (χ2n) is 11.6. The van der Waals surface area contributed by atoms with Crippen molar-refractivity contribution in [1.29, 1.82) is 0 Å². The molecule has 0 saturated carbocycles. The van der Waals surface area contributed by atoms with Crippen LogP contribution in [-0.4, -0.2) is 65.0 Å². The molecule has 0 unspecified atom stereocenters. The molecule has 2 atom stereocenters. The number of nitrogens with zero attached hydrogens (tertiary/aromatic N) is 4. The minimum Gasteiger partial charge on any atom is -0.530 e. The molecule has 0 aromatic heterocycles. The smallest absolute Gasteiger partial charge is 0.269 e. The number of allylic oxidation sites excluding steroid dienone is 1. The quantitative estimate of drug-likeness (QED) is 0.185. The molecule has 2 heterocycles. The largest absolute Gasteiger partial charge is 0.530 e. The first-order valence-corrected chi connectivity index (χ1v) is 14.8. The van der Waals surface area contributed by atoms with Gasteiger partial charge in [0.05, 0.1) is 4.92 Å². The van der Waals surface area contributed by atoms with E-state index in [0.717, 1.165) is 52.1 Å². The minimum atomic E-state index is -1.25. The number of non-ortho nitro benzene ring substituents is 1. The van der Waals surface area contributed by atoms with Gasteiger partial charge >= 0.3 is 0 Å². The van der Waals surface area contributed by atoms with Crippen molar-refractivity contribution in [1.82, 2.24) is 14.7 Å². The molecule has 2 fully saturated rings. The van der Waals surface area contributed by atoms with E-state index in [1.54, 1.807) is 12.1 Å². The van der Waals surface area contributed by atoms with Crippen molar-refractivity contribution < 1.29 is 14.8 Å². The lowest BCUT2D eigenvalue weighted by atomic mass is 9.87. The van der Waals surface area contributed by atoms with Crippen LogP contribution in [0.5, 0.6) is 0 Å². The van der Waals surface area contributed by atoms with Gasteiger partial charge in [-0.2, -0.15) is 0 Å². The van der Waals surface area contributed by atoms with E-state index in [1.807, 2.05) is 6.08 Å². The van der Waals surface area contributed by atoms with Crippen LogP contribution in [-0.2, 0) is 13.1 Å². The highest BCUT2D eigenvalue weighted by Gasteiger charge is 2.35. The molecule has 5 rings (SSSR count). The third-order valence-electron chi connectivity index (χ3n) is 8.63. The summed E-state index contributed by atoms with van der Waals surface area (Å²) in [5.74, 6) is 1.53. The number of benzene rings is 3. The van der Waals surface area contributed by atoms with Gasteiger partial charge < -0.3 is 19.7 Å². The van der Waals surface area contributed by atoms with Gasteiger partial charge in [-0.15, -0.1) is 0 Å². The Morgan fingerprint density at radius 3 is 2.19 bits per heavy atom. The van der Waals surface area contributed by atoms with E-state index in [0.29, 0.717) is 23.3 Å². The maximum absolute atomic E-state index is 11.7. The molecule has 0 spiro atoms. The maximum Gasteiger partial charge on any atom is 0.269 e. The Balaban J connectivity index is 1.12. The van der Waals surface area contributed by atoms with Crippen molar-refractivity contribution in [2.24, 2.45) is 11.8 Å². The SMILES string of the molecule is O=C([O-])N(CC=CC1CCN(C[C@H]2CN(Cc3ccccc3)C[C@@H]2c2ccccc2)CC1)Cc1ccc([N+](=O)[O-])cc1. The Morgan fingerprint density at radius 2 is 1.55 bits per heavy atom. The topological polar surface area (TPSA) is 93.0 Å². The molecular formula is C34H39N4O4-. The van der Waals surface area contributed by atoms with Crippen molar-refractivity contribution in [3.8, 4) is 0 Å². The summed E-state index contributed by atoms with van der Waals surface area (Å²) in [7, 11) is 0. The lowest BCUT2D eigenvalue weighted by molar-refractivity contribution is -0.384. The van der Waals surface area contributed by atoms with Crippen LogP contribution in [0.4, 0.5) is 10.5 Å². The lowest BCUT2D eigenvalue weighted by Gasteiger charge is -2.34. The fourth-order valence-electron chi connectivity index (χ4n) is 6.38. The molecule has 8 nitrogen and oxygen atoms in total. The fourth-order valence-corrected chi connectivity index (χ4v) is 6.38. The van der Waals surface area contributed by atoms with Gasteiger partial charge in [0, 0.05) is 57.3 Å². The average Bonchev–Trinajstić information content (AvgIpc) is 3.40. The predicted molar refractivity (Wildman–Crippen MR) is 162 cm³/mol. The number of rotatable bonds is 11. The van der Waals surface area contributed by atoms with Crippen LogP contribution < -0.4 is 5.11 Å². The number of amides is 1. The van der Waals surface area contributed by atoms with E-state index in [-0.39, 0.29) is 18.8 Å². The van der Waals surface area contributed by atoms with Gasteiger partial charge in [0.25, 0.3) is 5.69 Å². The van der Waals surface area contributed by atoms with Gasteiger partial charge in [0.15, 0.2) is 0 Å². The van der Waals surface area contributed by atoms with E-state index in [4.69, 9.17) is 0 Å². The van der Waals surface area contributed by atoms with Crippen LogP contribution in [0.25, 0.3) is 0 Å². The molecule has 2 saturated heterocycles. The van der Waals surface area contributed by atoms with Crippen LogP contribution >= 0.6 is 0 Å². The summed E-state index contributed by atoms with van der Waals surface area (Å²) in [5, 5.41) is 22.6. The molecule has 0 radical (unpaired) electrons. The number of carboxylic acid groups (broad SMARTS) is 1. The number of hydrogen-bond acceptors (Lipinski definition) is 6. The normalized spacial score (nSPS) is 20.2. The number of nitro benzene ring substituents is 1. The summed E-state index contributed by atoms with van der Waals surface area (Å²) in [6.07, 6.45) is 4.93. The van der Waals surface area contributed by atoms with E-state index in [9.17, 15) is 20.0 Å². The zero-order valence-corrected chi connectivity index (χ0v) is 24.0. The highest BCUT2D eigenvalue weighted by molar-refractivity contribution is 5.62. The molecule has 3 aromatic carbocycles. The van der Waals surface area contributed by atoms with Crippen LogP contribution in [0.2, 0.25) is 0 Å². The van der Waals surface area contributed by atoms with Crippen LogP contribution in [0.3, 0.4) is 0 Å². The van der Waals surface area contributed by atoms with Gasteiger partial charge in [-0.3, -0.25) is 15.0 Å². The van der Waals surface area contributed by atoms with Gasteiger partial charge in [0.2, 0.25) is 0 Å². The Hall–Kier alpha value is -4.01. The van der Waals surface area contributed by atoms with Crippen molar-refractivity contribution in [2.45, 2.75) is 31.8 Å². The number of carbonyl (C=O) groups excluding carboxylic acids is 1.